The summed E-state index contributed by atoms with van der Waals surface area (Å²) >= 11 is 3.47. The molecule has 0 aliphatic rings. The fourth-order valence-electron chi connectivity index (χ4n) is 0.348. The van der Waals surface area contributed by atoms with Gasteiger partial charge < -0.3 is 11.7 Å². The van der Waals surface area contributed by atoms with Crippen LogP contribution in [0.4, 0.5) is 0 Å². The second-order valence-corrected chi connectivity index (χ2v) is 4.11. The summed E-state index contributed by atoms with van der Waals surface area (Å²) in [7, 11) is -3.83. The van der Waals surface area contributed by atoms with E-state index in [1.54, 1.807) is 0 Å². The zero-order chi connectivity index (χ0) is 10.0. The van der Waals surface area contributed by atoms with Crippen LogP contribution in [0.15, 0.2) is 0 Å². The van der Waals surface area contributed by atoms with E-state index >= 15 is 0 Å². The summed E-state index contributed by atoms with van der Waals surface area (Å²) in [6, 6.07) is 0. The Morgan fingerprint density at radius 1 is 1.46 bits per heavy atom. The van der Waals surface area contributed by atoms with Crippen LogP contribution in [0.2, 0.25) is 0 Å². The monoisotopic (exact) mass is 238 g/mol. The Hall–Kier alpha value is 1.25. The molecule has 0 bridgehead atoms. The zero-order valence-electron chi connectivity index (χ0n) is 8.06. The Bertz CT molecular complexity index is 157. The average Bonchev–Trinajstić information content (AvgIpc) is 1.85. The molecule has 76 valence electrons. The summed E-state index contributed by atoms with van der Waals surface area (Å²) in [5.74, 6) is 0. The van der Waals surface area contributed by atoms with Gasteiger partial charge in [-0.25, -0.2) is 0 Å². The first-order chi connectivity index (χ1) is 5.41. The SMILES string of the molecule is O=S(O)(O)=S.[CH2-]CCOCCC.[Na+]. The Morgan fingerprint density at radius 3 is 2.08 bits per heavy atom. The van der Waals surface area contributed by atoms with Crippen LogP contribution in [0.5, 0.6) is 0 Å². The Morgan fingerprint density at radius 2 is 1.85 bits per heavy atom. The molecule has 2 N–H and O–H groups in total. The summed E-state index contributed by atoms with van der Waals surface area (Å²) in [5, 5.41) is 0. The predicted molar refractivity (Wildman–Crippen MR) is 51.8 cm³/mol. The van der Waals surface area contributed by atoms with Gasteiger partial charge in [-0.05, 0) is 6.42 Å². The average molecular weight is 238 g/mol. The minimum absolute atomic E-state index is 0. The molecule has 0 heterocycles. The maximum Gasteiger partial charge on any atom is 1.00 e. The molecule has 0 aromatic heterocycles. The molecule has 0 amide bonds. The van der Waals surface area contributed by atoms with Crippen molar-refractivity contribution >= 4 is 20.2 Å². The molecular weight excluding hydrogens is 223 g/mol. The third-order valence-corrected chi connectivity index (χ3v) is 0.637. The topological polar surface area (TPSA) is 66.8 Å². The van der Waals surface area contributed by atoms with Crippen LogP contribution in [0, 0.1) is 6.92 Å². The fourth-order valence-corrected chi connectivity index (χ4v) is 0.348. The Kier molecular flexibility index (Phi) is 20.1. The Labute approximate surface area is 107 Å². The second-order valence-electron chi connectivity index (χ2n) is 1.91. The van der Waals surface area contributed by atoms with Gasteiger partial charge in [0, 0.05) is 24.4 Å². The first kappa shape index (κ1) is 19.8. The van der Waals surface area contributed by atoms with Gasteiger partial charge in [0.25, 0.3) is 9.05 Å². The van der Waals surface area contributed by atoms with Gasteiger partial charge in [-0.2, -0.15) is 10.6 Å². The molecule has 0 radical (unpaired) electrons. The molecule has 4 nitrogen and oxygen atoms in total. The van der Waals surface area contributed by atoms with Crippen molar-refractivity contribution in [3.05, 3.63) is 6.92 Å². The van der Waals surface area contributed by atoms with Crippen molar-refractivity contribution in [3.8, 4) is 0 Å². The van der Waals surface area contributed by atoms with Gasteiger partial charge >= 0.3 is 29.6 Å². The van der Waals surface area contributed by atoms with Crippen LogP contribution in [-0.4, -0.2) is 26.5 Å². The summed E-state index contributed by atoms with van der Waals surface area (Å²) in [5.41, 5.74) is 0. The van der Waals surface area contributed by atoms with Crippen molar-refractivity contribution < 1.29 is 47.6 Å². The maximum atomic E-state index is 9.11. The van der Waals surface area contributed by atoms with E-state index in [0.29, 0.717) is 0 Å². The van der Waals surface area contributed by atoms with Crippen LogP contribution in [-0.2, 0) is 25.0 Å². The van der Waals surface area contributed by atoms with Gasteiger partial charge in [0.2, 0.25) is 0 Å². The largest absolute Gasteiger partial charge is 1.00 e. The molecule has 0 saturated heterocycles. The van der Waals surface area contributed by atoms with E-state index in [9.17, 15) is 0 Å². The number of rotatable bonds is 4. The molecule has 0 atom stereocenters. The minimum atomic E-state index is -3.83. The van der Waals surface area contributed by atoms with Crippen molar-refractivity contribution in [1.29, 1.82) is 0 Å². The second kappa shape index (κ2) is 13.2. The van der Waals surface area contributed by atoms with Crippen molar-refractivity contribution in [3.63, 3.8) is 0 Å². The predicted octanol–water partition coefficient (Wildman–Crippen LogP) is -1.68. The summed E-state index contributed by atoms with van der Waals surface area (Å²) in [6.07, 6.45) is 2.00. The number of hydrogen-bond donors (Lipinski definition) is 2. The summed E-state index contributed by atoms with van der Waals surface area (Å²) in [4.78, 5) is 0. The first-order valence-electron chi connectivity index (χ1n) is 3.48. The van der Waals surface area contributed by atoms with Crippen LogP contribution in [0.25, 0.3) is 0 Å². The molecule has 0 saturated carbocycles. The first-order valence-corrected chi connectivity index (χ1v) is 5.88. The standard InChI is InChI=1S/C6H13O.Na.H2O3S2/c1-3-5-7-6-4-2;;1-5(2,3)4/h1,3-6H2,2H3;;(H2,1,2,3,4)/q-1;+1;. The van der Waals surface area contributed by atoms with Crippen molar-refractivity contribution in [1.82, 2.24) is 0 Å². The van der Waals surface area contributed by atoms with Gasteiger partial charge in [0.1, 0.15) is 0 Å². The molecule has 0 fully saturated rings. The van der Waals surface area contributed by atoms with Gasteiger partial charge in [-0.1, -0.05) is 6.92 Å². The van der Waals surface area contributed by atoms with Gasteiger partial charge in [-0.15, -0.1) is 0 Å². The van der Waals surface area contributed by atoms with Crippen LogP contribution in [0.3, 0.4) is 0 Å². The molecule has 0 spiro atoms. The van der Waals surface area contributed by atoms with Crippen LogP contribution in [0.1, 0.15) is 19.8 Å². The molecule has 7 heteroatoms. The third kappa shape index (κ3) is 60.8. The fraction of sp³-hybridized carbons (Fsp3) is 0.833. The van der Waals surface area contributed by atoms with E-state index in [1.807, 2.05) is 0 Å². The molecule has 0 aromatic rings. The molecule has 0 unspecified atom stereocenters. The number of hydrogen-bond acceptors (Lipinski definition) is 3. The third-order valence-electron chi connectivity index (χ3n) is 0.637. The van der Waals surface area contributed by atoms with Crippen molar-refractivity contribution in [2.75, 3.05) is 13.2 Å². The molecular formula is C6H15NaO4S2. The summed E-state index contributed by atoms with van der Waals surface area (Å²) < 4.78 is 29.0. The van der Waals surface area contributed by atoms with Gasteiger partial charge in [0.15, 0.2) is 0 Å². The van der Waals surface area contributed by atoms with Crippen LogP contribution < -0.4 is 29.6 Å². The maximum absolute atomic E-state index is 9.11. The minimum Gasteiger partial charge on any atom is -0.384 e. The van der Waals surface area contributed by atoms with Gasteiger partial charge in [0.05, 0.1) is 0 Å². The quantitative estimate of drug-likeness (QED) is 0.348. The number of ether oxygens (including phenoxy) is 1. The normalized spacial score (nSPS) is 9.54. The molecule has 0 rings (SSSR count). The molecule has 13 heavy (non-hydrogen) atoms. The van der Waals surface area contributed by atoms with Crippen molar-refractivity contribution in [2.24, 2.45) is 0 Å². The van der Waals surface area contributed by atoms with Gasteiger partial charge in [-0.3, -0.25) is 9.11 Å². The van der Waals surface area contributed by atoms with E-state index in [4.69, 9.17) is 18.1 Å². The van der Waals surface area contributed by atoms with Crippen LogP contribution >= 0.6 is 0 Å². The molecule has 0 aliphatic heterocycles. The molecule has 0 aliphatic carbocycles. The summed E-state index contributed by atoms with van der Waals surface area (Å²) in [6.45, 7) is 7.43. The van der Waals surface area contributed by atoms with E-state index in [0.717, 1.165) is 26.1 Å². The smallest absolute Gasteiger partial charge is 0.384 e. The van der Waals surface area contributed by atoms with Crippen molar-refractivity contribution in [2.45, 2.75) is 19.8 Å². The van der Waals surface area contributed by atoms with E-state index in [2.05, 4.69) is 25.0 Å². The van der Waals surface area contributed by atoms with E-state index in [1.165, 1.54) is 0 Å². The van der Waals surface area contributed by atoms with E-state index < -0.39 is 9.05 Å². The molecule has 0 aromatic carbocycles. The van der Waals surface area contributed by atoms with E-state index in [-0.39, 0.29) is 29.6 Å². The Balaban J connectivity index is -0.000000150. The zero-order valence-corrected chi connectivity index (χ0v) is 11.7.